The first-order chi connectivity index (χ1) is 13.3. The van der Waals surface area contributed by atoms with E-state index in [1.54, 1.807) is 4.68 Å². The SMILES string of the molecule is C[C@@H]1Cc2cc3c(c(NC(=O)N=[S@@](N)(=O)c4cnn5c4O[C@@H](C)C5)c21)CCC3. The Labute approximate surface area is 163 Å². The number of aryl methyl sites for hydroxylation is 1. The molecule has 3 atom stereocenters. The van der Waals surface area contributed by atoms with E-state index >= 15 is 0 Å². The van der Waals surface area contributed by atoms with Gasteiger partial charge in [0.2, 0.25) is 5.88 Å². The number of nitrogens with two attached hydrogens (primary N) is 1. The average Bonchev–Trinajstić information content (AvgIpc) is 3.27. The molecule has 0 saturated heterocycles. The molecule has 2 amide bonds. The summed E-state index contributed by atoms with van der Waals surface area (Å²) in [5.41, 5.74) is 5.79. The van der Waals surface area contributed by atoms with Crippen molar-refractivity contribution in [3.8, 4) is 5.88 Å². The number of amides is 2. The third kappa shape index (κ3) is 2.64. The van der Waals surface area contributed by atoms with Crippen molar-refractivity contribution in [2.24, 2.45) is 9.50 Å². The Morgan fingerprint density at radius 3 is 3.00 bits per heavy atom. The highest BCUT2D eigenvalue weighted by Gasteiger charge is 2.32. The number of carbonyl (C=O) groups excluding carboxylic acids is 1. The molecule has 8 nitrogen and oxygen atoms in total. The number of benzene rings is 1. The summed E-state index contributed by atoms with van der Waals surface area (Å²) in [5.74, 6) is 0.724. The predicted octanol–water partition coefficient (Wildman–Crippen LogP) is 2.75. The Kier molecular flexibility index (Phi) is 3.82. The minimum Gasteiger partial charge on any atom is -0.472 e. The monoisotopic (exact) mass is 401 g/mol. The maximum Gasteiger partial charge on any atom is 0.354 e. The first-order valence-corrected chi connectivity index (χ1v) is 11.2. The van der Waals surface area contributed by atoms with Crippen LogP contribution in [-0.4, -0.2) is 26.1 Å². The van der Waals surface area contributed by atoms with Crippen LogP contribution < -0.4 is 15.2 Å². The molecule has 28 heavy (non-hydrogen) atoms. The van der Waals surface area contributed by atoms with E-state index < -0.39 is 15.9 Å². The lowest BCUT2D eigenvalue weighted by Gasteiger charge is -2.31. The number of anilines is 1. The van der Waals surface area contributed by atoms with Gasteiger partial charge >= 0.3 is 6.03 Å². The molecule has 0 unspecified atom stereocenters. The molecule has 2 heterocycles. The van der Waals surface area contributed by atoms with Gasteiger partial charge in [-0.1, -0.05) is 13.0 Å². The summed E-state index contributed by atoms with van der Waals surface area (Å²) in [4.78, 5) is 12.8. The number of fused-ring (bicyclic) bond motifs is 3. The average molecular weight is 401 g/mol. The van der Waals surface area contributed by atoms with Gasteiger partial charge in [-0.05, 0) is 60.8 Å². The molecule has 5 rings (SSSR count). The number of carbonyl (C=O) groups is 1. The molecule has 0 bridgehead atoms. The van der Waals surface area contributed by atoms with Crippen LogP contribution in [0, 0.1) is 0 Å². The molecule has 1 aliphatic heterocycles. The van der Waals surface area contributed by atoms with E-state index in [1.807, 2.05) is 6.92 Å². The number of nitrogens with zero attached hydrogens (tertiary/aromatic N) is 3. The van der Waals surface area contributed by atoms with Crippen LogP contribution in [-0.2, 0) is 35.7 Å². The second kappa shape index (κ2) is 6.05. The first-order valence-electron chi connectivity index (χ1n) is 9.59. The number of nitrogens with one attached hydrogen (secondary N) is 1. The van der Waals surface area contributed by atoms with Crippen molar-refractivity contribution in [3.63, 3.8) is 0 Å². The number of aromatic nitrogens is 2. The summed E-state index contributed by atoms with van der Waals surface area (Å²) in [6.45, 7) is 4.59. The van der Waals surface area contributed by atoms with Crippen molar-refractivity contribution < 1.29 is 13.7 Å². The normalized spacial score (nSPS) is 23.7. The zero-order valence-electron chi connectivity index (χ0n) is 15.9. The van der Waals surface area contributed by atoms with Crippen LogP contribution in [0.25, 0.3) is 0 Å². The Hall–Kier alpha value is -2.39. The van der Waals surface area contributed by atoms with Gasteiger partial charge in [0.1, 0.15) is 11.0 Å². The van der Waals surface area contributed by atoms with Crippen molar-refractivity contribution in [1.82, 2.24) is 9.78 Å². The van der Waals surface area contributed by atoms with Crippen molar-refractivity contribution in [2.75, 3.05) is 5.32 Å². The number of rotatable bonds is 2. The molecule has 0 fully saturated rings. The van der Waals surface area contributed by atoms with Crippen LogP contribution >= 0.6 is 0 Å². The van der Waals surface area contributed by atoms with Gasteiger partial charge in [0, 0.05) is 5.69 Å². The van der Waals surface area contributed by atoms with Gasteiger partial charge < -0.3 is 10.1 Å². The zero-order valence-corrected chi connectivity index (χ0v) is 16.7. The molecule has 1 aromatic heterocycles. The summed E-state index contributed by atoms with van der Waals surface area (Å²) < 4.78 is 24.0. The van der Waals surface area contributed by atoms with Crippen molar-refractivity contribution in [1.29, 1.82) is 0 Å². The summed E-state index contributed by atoms with van der Waals surface area (Å²) in [6.07, 6.45) is 5.36. The third-order valence-corrected chi connectivity index (χ3v) is 7.16. The maximum atomic E-state index is 13.0. The molecule has 9 heteroatoms. The summed E-state index contributed by atoms with van der Waals surface area (Å²) in [5, 5.41) is 13.0. The molecule has 0 radical (unpaired) electrons. The summed E-state index contributed by atoms with van der Waals surface area (Å²) >= 11 is 0. The Morgan fingerprint density at radius 2 is 2.21 bits per heavy atom. The maximum absolute atomic E-state index is 13.0. The van der Waals surface area contributed by atoms with Crippen molar-refractivity contribution in [2.45, 2.75) is 63.0 Å². The standard InChI is InChI=1S/C19H23N5O3S/c1-10-6-13-7-12-4-3-5-14(12)17(16(10)13)22-19(25)23-28(20,26)15-8-21-24-9-11(2)27-18(15)24/h7-8,10-11H,3-6,9H2,1-2H3,(H3,20,22,23,25,26)/t10-,11+,28-/m1/s1. The minimum absolute atomic E-state index is 0.0845. The van der Waals surface area contributed by atoms with Gasteiger partial charge in [-0.25, -0.2) is 18.8 Å². The van der Waals surface area contributed by atoms with Gasteiger partial charge in [0.05, 0.1) is 12.7 Å². The van der Waals surface area contributed by atoms with Crippen LogP contribution in [0.15, 0.2) is 21.5 Å². The second-order valence-electron chi connectivity index (χ2n) is 7.94. The molecule has 2 aliphatic carbocycles. The molecule has 0 saturated carbocycles. The highest BCUT2D eigenvalue weighted by atomic mass is 32.2. The van der Waals surface area contributed by atoms with Crippen molar-refractivity contribution >= 4 is 21.6 Å². The molecule has 1 aromatic carbocycles. The lowest BCUT2D eigenvalue weighted by Crippen LogP contribution is -2.23. The lowest BCUT2D eigenvalue weighted by molar-refractivity contribution is 0.248. The van der Waals surface area contributed by atoms with E-state index in [4.69, 9.17) is 9.88 Å². The van der Waals surface area contributed by atoms with Gasteiger partial charge in [-0.15, -0.1) is 4.36 Å². The topological polar surface area (TPSA) is 112 Å². The lowest BCUT2D eigenvalue weighted by atomic mass is 9.75. The van der Waals surface area contributed by atoms with Gasteiger partial charge in [0.25, 0.3) is 0 Å². The van der Waals surface area contributed by atoms with Crippen LogP contribution in [0.1, 0.15) is 48.4 Å². The fraction of sp³-hybridized carbons (Fsp3) is 0.474. The highest BCUT2D eigenvalue weighted by molar-refractivity contribution is 7.91. The summed E-state index contributed by atoms with van der Waals surface area (Å²) in [7, 11) is -3.46. The number of ether oxygens (including phenoxy) is 1. The molecular formula is C19H23N5O3S. The van der Waals surface area contributed by atoms with Gasteiger partial charge in [-0.3, -0.25) is 0 Å². The number of hydrogen-bond acceptors (Lipinski definition) is 4. The minimum atomic E-state index is -3.46. The van der Waals surface area contributed by atoms with Gasteiger partial charge in [-0.2, -0.15) is 5.10 Å². The Balaban J connectivity index is 1.49. The molecular weight excluding hydrogens is 378 g/mol. The molecule has 3 aliphatic rings. The van der Waals surface area contributed by atoms with Crippen LogP contribution in [0.5, 0.6) is 5.88 Å². The molecule has 0 spiro atoms. The van der Waals surface area contributed by atoms with Crippen LogP contribution in [0.4, 0.5) is 10.5 Å². The zero-order chi connectivity index (χ0) is 19.6. The fourth-order valence-corrected chi connectivity index (χ4v) is 5.57. The van der Waals surface area contributed by atoms with E-state index in [0.29, 0.717) is 18.3 Å². The quantitative estimate of drug-likeness (QED) is 0.806. The second-order valence-corrected chi connectivity index (χ2v) is 9.70. The first kappa shape index (κ1) is 17.7. The number of urea groups is 1. The number of hydrogen-bond donors (Lipinski definition) is 2. The van der Waals surface area contributed by atoms with E-state index in [2.05, 4.69) is 27.8 Å². The smallest absolute Gasteiger partial charge is 0.354 e. The van der Waals surface area contributed by atoms with E-state index in [0.717, 1.165) is 31.4 Å². The van der Waals surface area contributed by atoms with Gasteiger partial charge in [0.15, 0.2) is 9.92 Å². The van der Waals surface area contributed by atoms with Crippen LogP contribution in [0.3, 0.4) is 0 Å². The fourth-order valence-electron chi connectivity index (χ4n) is 4.58. The van der Waals surface area contributed by atoms with Crippen molar-refractivity contribution in [3.05, 3.63) is 34.5 Å². The van der Waals surface area contributed by atoms with E-state index in [-0.39, 0.29) is 11.0 Å². The third-order valence-electron chi connectivity index (χ3n) is 5.81. The van der Waals surface area contributed by atoms with E-state index in [9.17, 15) is 9.00 Å². The largest absolute Gasteiger partial charge is 0.472 e. The molecule has 2 aromatic rings. The predicted molar refractivity (Wildman–Crippen MR) is 105 cm³/mol. The molecule has 148 valence electrons. The Morgan fingerprint density at radius 1 is 1.39 bits per heavy atom. The van der Waals surface area contributed by atoms with E-state index in [1.165, 1.54) is 28.5 Å². The Bertz CT molecular complexity index is 1130. The van der Waals surface area contributed by atoms with Crippen LogP contribution in [0.2, 0.25) is 0 Å². The summed E-state index contributed by atoms with van der Waals surface area (Å²) in [6, 6.07) is 1.57. The molecule has 3 N–H and O–H groups in total. The highest BCUT2D eigenvalue weighted by Crippen LogP contribution is 2.45.